The van der Waals surface area contributed by atoms with Gasteiger partial charge in [-0.1, -0.05) is 0 Å². The van der Waals surface area contributed by atoms with Crippen molar-refractivity contribution in [2.24, 2.45) is 0 Å². The Balaban J connectivity index is 2.44. The van der Waals surface area contributed by atoms with E-state index in [0.29, 0.717) is 0 Å². The number of benzene rings is 1. The number of nitrogens with zero attached hydrogens (tertiary/aromatic N) is 2. The van der Waals surface area contributed by atoms with Crippen LogP contribution in [0.25, 0.3) is 21.8 Å². The van der Waals surface area contributed by atoms with E-state index in [0.717, 1.165) is 11.0 Å². The lowest BCUT2D eigenvalue weighted by Crippen LogP contribution is -1.85. The summed E-state index contributed by atoms with van der Waals surface area (Å²) in [4.78, 5) is 8.83. The van der Waals surface area contributed by atoms with Crippen LogP contribution in [-0.2, 0) is 0 Å². The maximum atomic E-state index is 4.41. The zero-order chi connectivity index (χ0) is 11.1. The molecule has 0 spiro atoms. The quantitative estimate of drug-likeness (QED) is 0.529. The van der Waals surface area contributed by atoms with Gasteiger partial charge in [-0.05, 0) is 49.2 Å². The van der Waals surface area contributed by atoms with Crippen molar-refractivity contribution in [3.8, 4) is 0 Å². The van der Waals surface area contributed by atoms with E-state index in [1.807, 2.05) is 18.5 Å². The molecule has 2 aromatic heterocycles. The van der Waals surface area contributed by atoms with Gasteiger partial charge in [-0.2, -0.15) is 0 Å². The first kappa shape index (κ1) is 9.28. The summed E-state index contributed by atoms with van der Waals surface area (Å²) >= 11 is 0. The van der Waals surface area contributed by atoms with E-state index in [2.05, 4.69) is 42.0 Å². The molecule has 0 unspecified atom stereocenters. The smallest absolute Gasteiger partial charge is 0.0724 e. The average molecular weight is 208 g/mol. The summed E-state index contributed by atoms with van der Waals surface area (Å²) in [6.07, 6.45) is 3.78. The third kappa shape index (κ3) is 1.43. The average Bonchev–Trinajstić information content (AvgIpc) is 2.26. The monoisotopic (exact) mass is 208 g/mol. The molecule has 1 aromatic carbocycles. The van der Waals surface area contributed by atoms with Crippen molar-refractivity contribution < 1.29 is 0 Å². The lowest BCUT2D eigenvalue weighted by molar-refractivity contribution is 1.31. The number of aryl methyl sites for hydroxylation is 2. The van der Waals surface area contributed by atoms with Crippen LogP contribution in [0.1, 0.15) is 11.1 Å². The van der Waals surface area contributed by atoms with Crippen LogP contribution in [0.5, 0.6) is 0 Å². The van der Waals surface area contributed by atoms with Crippen molar-refractivity contribution in [1.29, 1.82) is 0 Å². The van der Waals surface area contributed by atoms with Crippen molar-refractivity contribution >= 4 is 21.8 Å². The highest BCUT2D eigenvalue weighted by atomic mass is 14.7. The minimum atomic E-state index is 1.01. The van der Waals surface area contributed by atoms with E-state index in [1.54, 1.807) is 0 Å². The third-order valence-electron chi connectivity index (χ3n) is 2.76. The van der Waals surface area contributed by atoms with E-state index < -0.39 is 0 Å². The molecular weight excluding hydrogens is 196 g/mol. The summed E-state index contributed by atoms with van der Waals surface area (Å²) in [6, 6.07) is 8.52. The molecule has 2 heterocycles. The molecule has 0 amide bonds. The minimum absolute atomic E-state index is 1.01. The Bertz CT molecular complexity index is 630. The van der Waals surface area contributed by atoms with Crippen LogP contribution in [-0.4, -0.2) is 9.97 Å². The summed E-state index contributed by atoms with van der Waals surface area (Å²) in [5.41, 5.74) is 4.39. The Labute approximate surface area is 94.0 Å². The first-order chi connectivity index (χ1) is 7.72. The summed E-state index contributed by atoms with van der Waals surface area (Å²) in [5.74, 6) is 0. The summed E-state index contributed by atoms with van der Waals surface area (Å²) in [5, 5.41) is 2.36. The number of hydrogen-bond donors (Lipinski definition) is 0. The number of rotatable bonds is 0. The van der Waals surface area contributed by atoms with Gasteiger partial charge >= 0.3 is 0 Å². The standard InChI is InChI=1S/C14H12N2/c1-9-3-11-5-12-4-10(2)8-16-14(12)6-13(11)15-7-9/h3-8H,1-2H3. The Morgan fingerprint density at radius 1 is 0.688 bits per heavy atom. The molecule has 0 aliphatic carbocycles. The lowest BCUT2D eigenvalue weighted by Gasteiger charge is -2.02. The van der Waals surface area contributed by atoms with Gasteiger partial charge in [0.05, 0.1) is 11.0 Å². The molecule has 3 rings (SSSR count). The van der Waals surface area contributed by atoms with Gasteiger partial charge in [0.2, 0.25) is 0 Å². The zero-order valence-corrected chi connectivity index (χ0v) is 9.36. The highest BCUT2D eigenvalue weighted by Gasteiger charge is 2.00. The van der Waals surface area contributed by atoms with Crippen molar-refractivity contribution in [3.05, 3.63) is 47.8 Å². The van der Waals surface area contributed by atoms with Gasteiger partial charge in [0.15, 0.2) is 0 Å². The van der Waals surface area contributed by atoms with Gasteiger partial charge in [-0.25, -0.2) is 0 Å². The fourth-order valence-corrected chi connectivity index (χ4v) is 1.97. The van der Waals surface area contributed by atoms with Gasteiger partial charge in [-0.3, -0.25) is 9.97 Å². The Kier molecular flexibility index (Phi) is 1.90. The predicted molar refractivity (Wildman–Crippen MR) is 66.5 cm³/mol. The van der Waals surface area contributed by atoms with E-state index in [9.17, 15) is 0 Å². The second-order valence-corrected chi connectivity index (χ2v) is 4.26. The van der Waals surface area contributed by atoms with Crippen molar-refractivity contribution in [2.45, 2.75) is 13.8 Å². The molecule has 0 radical (unpaired) electrons. The normalized spacial score (nSPS) is 11.1. The fraction of sp³-hybridized carbons (Fsp3) is 0.143. The van der Waals surface area contributed by atoms with Crippen LogP contribution in [0, 0.1) is 13.8 Å². The Morgan fingerprint density at radius 3 is 1.69 bits per heavy atom. The maximum absolute atomic E-state index is 4.41. The van der Waals surface area contributed by atoms with Gasteiger partial charge in [0.1, 0.15) is 0 Å². The summed E-state index contributed by atoms with van der Waals surface area (Å²) < 4.78 is 0. The third-order valence-corrected chi connectivity index (χ3v) is 2.76. The molecule has 2 heteroatoms. The minimum Gasteiger partial charge on any atom is -0.256 e. The molecule has 0 aliphatic heterocycles. The van der Waals surface area contributed by atoms with Crippen molar-refractivity contribution in [2.75, 3.05) is 0 Å². The van der Waals surface area contributed by atoms with Crippen LogP contribution in [0.3, 0.4) is 0 Å². The number of hydrogen-bond acceptors (Lipinski definition) is 2. The topological polar surface area (TPSA) is 25.8 Å². The van der Waals surface area contributed by atoms with Crippen LogP contribution in [0.4, 0.5) is 0 Å². The first-order valence-corrected chi connectivity index (χ1v) is 5.35. The SMILES string of the molecule is Cc1cnc2cc3ncc(C)cc3cc2c1. The number of pyridine rings is 2. The van der Waals surface area contributed by atoms with E-state index in [-0.39, 0.29) is 0 Å². The van der Waals surface area contributed by atoms with E-state index in [1.165, 1.54) is 21.9 Å². The molecule has 0 saturated carbocycles. The molecular formula is C14H12N2. The molecule has 0 fully saturated rings. The summed E-state index contributed by atoms with van der Waals surface area (Å²) in [6.45, 7) is 4.12. The molecule has 2 nitrogen and oxygen atoms in total. The van der Waals surface area contributed by atoms with Crippen LogP contribution in [0.2, 0.25) is 0 Å². The highest BCUT2D eigenvalue weighted by Crippen LogP contribution is 2.21. The van der Waals surface area contributed by atoms with Crippen LogP contribution in [0.15, 0.2) is 36.7 Å². The van der Waals surface area contributed by atoms with Crippen LogP contribution < -0.4 is 0 Å². The molecule has 16 heavy (non-hydrogen) atoms. The molecule has 0 saturated heterocycles. The van der Waals surface area contributed by atoms with Gasteiger partial charge < -0.3 is 0 Å². The van der Waals surface area contributed by atoms with Crippen LogP contribution >= 0.6 is 0 Å². The highest BCUT2D eigenvalue weighted by molar-refractivity contribution is 5.94. The second-order valence-electron chi connectivity index (χ2n) is 4.26. The van der Waals surface area contributed by atoms with E-state index in [4.69, 9.17) is 0 Å². The molecule has 0 atom stereocenters. The number of aromatic nitrogens is 2. The molecule has 0 aliphatic rings. The lowest BCUT2D eigenvalue weighted by atomic mass is 10.1. The van der Waals surface area contributed by atoms with E-state index >= 15 is 0 Å². The molecule has 0 N–H and O–H groups in total. The fourth-order valence-electron chi connectivity index (χ4n) is 1.97. The summed E-state index contributed by atoms with van der Waals surface area (Å²) in [7, 11) is 0. The van der Waals surface area contributed by atoms with Gasteiger partial charge in [-0.15, -0.1) is 0 Å². The number of fused-ring (bicyclic) bond motifs is 2. The van der Waals surface area contributed by atoms with Crippen molar-refractivity contribution in [3.63, 3.8) is 0 Å². The second kappa shape index (κ2) is 3.27. The van der Waals surface area contributed by atoms with Gasteiger partial charge in [0, 0.05) is 23.2 Å². The zero-order valence-electron chi connectivity index (χ0n) is 9.36. The largest absolute Gasteiger partial charge is 0.256 e. The Morgan fingerprint density at radius 2 is 1.19 bits per heavy atom. The molecule has 0 bridgehead atoms. The van der Waals surface area contributed by atoms with Crippen molar-refractivity contribution in [1.82, 2.24) is 9.97 Å². The first-order valence-electron chi connectivity index (χ1n) is 5.35. The Hall–Kier alpha value is -1.96. The maximum Gasteiger partial charge on any atom is 0.0724 e. The molecule has 3 aromatic rings. The predicted octanol–water partition coefficient (Wildman–Crippen LogP) is 3.40. The van der Waals surface area contributed by atoms with Gasteiger partial charge in [0.25, 0.3) is 0 Å². The molecule has 78 valence electrons.